The van der Waals surface area contributed by atoms with Crippen molar-refractivity contribution in [1.82, 2.24) is 19.9 Å². The van der Waals surface area contributed by atoms with Crippen molar-refractivity contribution in [2.24, 2.45) is 7.05 Å². The normalized spacial score (nSPS) is 11.2. The zero-order valence-electron chi connectivity index (χ0n) is 14.3. The number of amides is 1. The second-order valence-corrected chi connectivity index (χ2v) is 6.28. The van der Waals surface area contributed by atoms with E-state index in [9.17, 15) is 4.79 Å². The molecular weight excluding hydrogens is 300 g/mol. The quantitative estimate of drug-likeness (QED) is 0.785. The van der Waals surface area contributed by atoms with Crippen molar-refractivity contribution < 1.29 is 4.79 Å². The fraction of sp³-hybridized carbons (Fsp3) is 0.316. The third kappa shape index (κ3) is 3.45. The summed E-state index contributed by atoms with van der Waals surface area (Å²) in [6, 6.07) is 11.7. The van der Waals surface area contributed by atoms with E-state index in [1.165, 1.54) is 0 Å². The van der Waals surface area contributed by atoms with E-state index in [-0.39, 0.29) is 5.91 Å². The average Bonchev–Trinajstić information content (AvgIpc) is 2.90. The van der Waals surface area contributed by atoms with Crippen molar-refractivity contribution in [3.05, 3.63) is 59.7 Å². The van der Waals surface area contributed by atoms with E-state index >= 15 is 0 Å². The molecule has 24 heavy (non-hydrogen) atoms. The fourth-order valence-electron chi connectivity index (χ4n) is 2.83. The summed E-state index contributed by atoms with van der Waals surface area (Å²) in [6.07, 6.45) is 2.07. The summed E-state index contributed by atoms with van der Waals surface area (Å²) in [5, 5.41) is 2.90. The molecule has 0 saturated carbocycles. The van der Waals surface area contributed by atoms with Gasteiger partial charge >= 0.3 is 0 Å². The van der Waals surface area contributed by atoms with Crippen LogP contribution in [-0.2, 0) is 24.8 Å². The topological polar surface area (TPSA) is 59.8 Å². The van der Waals surface area contributed by atoms with Crippen LogP contribution >= 0.6 is 0 Å². The van der Waals surface area contributed by atoms with E-state index in [0.717, 1.165) is 28.1 Å². The van der Waals surface area contributed by atoms with Crippen molar-refractivity contribution in [3.63, 3.8) is 0 Å². The Morgan fingerprint density at radius 2 is 2.08 bits per heavy atom. The molecule has 0 aliphatic heterocycles. The van der Waals surface area contributed by atoms with Crippen molar-refractivity contribution in [2.75, 3.05) is 0 Å². The lowest BCUT2D eigenvalue weighted by molar-refractivity contribution is -0.120. The Labute approximate surface area is 141 Å². The molecule has 3 rings (SSSR count). The number of nitrogens with one attached hydrogen (secondary N) is 1. The van der Waals surface area contributed by atoms with Crippen LogP contribution in [-0.4, -0.2) is 20.4 Å². The number of hydrogen-bond acceptors (Lipinski definition) is 3. The highest BCUT2D eigenvalue weighted by molar-refractivity contribution is 5.82. The number of benzene rings is 1. The maximum atomic E-state index is 12.1. The van der Waals surface area contributed by atoms with Crippen LogP contribution in [0.3, 0.4) is 0 Å². The molecule has 5 nitrogen and oxygen atoms in total. The largest absolute Gasteiger partial charge is 0.350 e. The molecular formula is C19H22N4O. The zero-order chi connectivity index (χ0) is 17.1. The molecule has 124 valence electrons. The summed E-state index contributed by atoms with van der Waals surface area (Å²) >= 11 is 0. The molecule has 0 unspecified atom stereocenters. The van der Waals surface area contributed by atoms with Crippen LogP contribution < -0.4 is 5.32 Å². The second kappa shape index (κ2) is 6.83. The lowest BCUT2D eigenvalue weighted by atomic mass is 10.1. The van der Waals surface area contributed by atoms with Gasteiger partial charge in [0.15, 0.2) is 0 Å². The number of aryl methyl sites for hydroxylation is 1. The van der Waals surface area contributed by atoms with Gasteiger partial charge < -0.3 is 9.88 Å². The molecule has 1 amide bonds. The maximum absolute atomic E-state index is 12.1. The number of hydrogen-bond donors (Lipinski definition) is 1. The molecule has 0 fully saturated rings. The Hall–Kier alpha value is -2.69. The van der Waals surface area contributed by atoms with Crippen LogP contribution in [0, 0.1) is 0 Å². The van der Waals surface area contributed by atoms with E-state index < -0.39 is 0 Å². The summed E-state index contributed by atoms with van der Waals surface area (Å²) in [7, 11) is 2.03. The Bertz CT molecular complexity index is 852. The van der Waals surface area contributed by atoms with Crippen LogP contribution in [0.1, 0.15) is 36.8 Å². The van der Waals surface area contributed by atoms with Crippen LogP contribution in [0.15, 0.2) is 42.6 Å². The van der Waals surface area contributed by atoms with Gasteiger partial charge in [-0.25, -0.2) is 4.98 Å². The lowest BCUT2D eigenvalue weighted by Crippen LogP contribution is -2.24. The standard InChI is InChI=1S/C19H22N4O/c1-13(2)19-22-16-10-14(7-8-17(16)23(19)3)11-18(24)21-12-15-6-4-5-9-20-15/h4-10,13H,11-12H2,1-3H3,(H,21,24). The lowest BCUT2D eigenvalue weighted by Gasteiger charge is -2.06. The van der Waals surface area contributed by atoms with E-state index in [4.69, 9.17) is 4.98 Å². The minimum atomic E-state index is -0.0139. The summed E-state index contributed by atoms with van der Waals surface area (Å²) < 4.78 is 2.12. The van der Waals surface area contributed by atoms with Crippen molar-refractivity contribution in [3.8, 4) is 0 Å². The highest BCUT2D eigenvalue weighted by Gasteiger charge is 2.12. The van der Waals surface area contributed by atoms with E-state index in [0.29, 0.717) is 18.9 Å². The average molecular weight is 322 g/mol. The maximum Gasteiger partial charge on any atom is 0.224 e. The Morgan fingerprint density at radius 3 is 2.79 bits per heavy atom. The first-order valence-corrected chi connectivity index (χ1v) is 8.16. The van der Waals surface area contributed by atoms with Gasteiger partial charge in [-0.3, -0.25) is 9.78 Å². The second-order valence-electron chi connectivity index (χ2n) is 6.28. The van der Waals surface area contributed by atoms with Crippen molar-refractivity contribution in [2.45, 2.75) is 32.7 Å². The Kier molecular flexibility index (Phi) is 4.60. The monoisotopic (exact) mass is 322 g/mol. The number of pyridine rings is 1. The molecule has 0 aliphatic rings. The molecule has 0 saturated heterocycles. The predicted molar refractivity (Wildman–Crippen MR) is 94.6 cm³/mol. The Balaban J connectivity index is 1.69. The number of fused-ring (bicyclic) bond motifs is 1. The number of rotatable bonds is 5. The van der Waals surface area contributed by atoms with Crippen LogP contribution in [0.2, 0.25) is 0 Å². The third-order valence-corrected chi connectivity index (χ3v) is 4.05. The first-order valence-electron chi connectivity index (χ1n) is 8.16. The van der Waals surface area contributed by atoms with Gasteiger partial charge in [0.2, 0.25) is 5.91 Å². The number of carbonyl (C=O) groups is 1. The molecule has 0 atom stereocenters. The zero-order valence-corrected chi connectivity index (χ0v) is 14.3. The number of imidazole rings is 1. The minimum absolute atomic E-state index is 0.0139. The molecule has 1 N–H and O–H groups in total. The van der Waals surface area contributed by atoms with Crippen molar-refractivity contribution >= 4 is 16.9 Å². The summed E-state index contributed by atoms with van der Waals surface area (Å²) in [6.45, 7) is 4.71. The molecule has 0 bridgehead atoms. The first kappa shape index (κ1) is 16.2. The summed E-state index contributed by atoms with van der Waals surface area (Å²) in [4.78, 5) is 21.0. The fourth-order valence-corrected chi connectivity index (χ4v) is 2.83. The van der Waals surface area contributed by atoms with E-state index in [1.807, 2.05) is 43.4 Å². The first-order chi connectivity index (χ1) is 11.5. The van der Waals surface area contributed by atoms with Gasteiger partial charge in [-0.05, 0) is 29.8 Å². The highest BCUT2D eigenvalue weighted by Crippen LogP contribution is 2.21. The Morgan fingerprint density at radius 1 is 1.25 bits per heavy atom. The smallest absolute Gasteiger partial charge is 0.224 e. The van der Waals surface area contributed by atoms with Gasteiger partial charge in [-0.1, -0.05) is 26.0 Å². The van der Waals surface area contributed by atoms with Gasteiger partial charge in [-0.15, -0.1) is 0 Å². The van der Waals surface area contributed by atoms with Gasteiger partial charge in [0.25, 0.3) is 0 Å². The molecule has 2 heterocycles. The minimum Gasteiger partial charge on any atom is -0.350 e. The van der Waals surface area contributed by atoms with Crippen LogP contribution in [0.25, 0.3) is 11.0 Å². The summed E-state index contributed by atoms with van der Waals surface area (Å²) in [5.41, 5.74) is 3.86. The molecule has 5 heteroatoms. The number of carbonyl (C=O) groups excluding carboxylic acids is 1. The number of nitrogens with zero attached hydrogens (tertiary/aromatic N) is 3. The molecule has 0 radical (unpaired) electrons. The van der Waals surface area contributed by atoms with Gasteiger partial charge in [-0.2, -0.15) is 0 Å². The van der Waals surface area contributed by atoms with E-state index in [1.54, 1.807) is 6.20 Å². The van der Waals surface area contributed by atoms with Gasteiger partial charge in [0.05, 0.1) is 29.7 Å². The van der Waals surface area contributed by atoms with Crippen LogP contribution in [0.4, 0.5) is 0 Å². The van der Waals surface area contributed by atoms with Crippen molar-refractivity contribution in [1.29, 1.82) is 0 Å². The number of aromatic nitrogens is 3. The van der Waals surface area contributed by atoms with E-state index in [2.05, 4.69) is 28.7 Å². The molecule has 2 aromatic heterocycles. The predicted octanol–water partition coefficient (Wildman–Crippen LogP) is 2.95. The SMILES string of the molecule is CC(C)c1nc2cc(CC(=O)NCc3ccccn3)ccc2n1C. The molecule has 0 aliphatic carbocycles. The molecule has 1 aromatic carbocycles. The molecule has 3 aromatic rings. The van der Waals surface area contributed by atoms with Crippen LogP contribution in [0.5, 0.6) is 0 Å². The third-order valence-electron chi connectivity index (χ3n) is 4.05. The van der Waals surface area contributed by atoms with Gasteiger partial charge in [0.1, 0.15) is 5.82 Å². The van der Waals surface area contributed by atoms with Gasteiger partial charge in [0, 0.05) is 19.2 Å². The summed E-state index contributed by atoms with van der Waals surface area (Å²) in [5.74, 6) is 1.41. The molecule has 0 spiro atoms. The highest BCUT2D eigenvalue weighted by atomic mass is 16.1.